The first-order chi connectivity index (χ1) is 5.97. The number of hydrogen-bond donors (Lipinski definition) is 0. The van der Waals surface area contributed by atoms with E-state index in [4.69, 9.17) is 0 Å². The molecule has 0 saturated carbocycles. The van der Waals surface area contributed by atoms with Crippen LogP contribution in [0.5, 0.6) is 0 Å². The SMILES string of the molecule is Cc1ccc[n+](CCS(=O)(=O)[O-])c1. The number of aryl methyl sites for hydroxylation is 2. The van der Waals surface area contributed by atoms with Gasteiger partial charge in [-0.15, -0.1) is 0 Å². The lowest BCUT2D eigenvalue weighted by Crippen LogP contribution is -2.36. The van der Waals surface area contributed by atoms with Gasteiger partial charge in [-0.1, -0.05) is 0 Å². The van der Waals surface area contributed by atoms with E-state index in [2.05, 4.69) is 0 Å². The smallest absolute Gasteiger partial charge is 0.171 e. The van der Waals surface area contributed by atoms with Crippen molar-refractivity contribution >= 4 is 10.1 Å². The molecule has 0 aliphatic carbocycles. The van der Waals surface area contributed by atoms with E-state index in [0.717, 1.165) is 5.56 Å². The molecule has 0 amide bonds. The molecule has 0 atom stereocenters. The normalized spacial score (nSPS) is 11.5. The Morgan fingerprint density at radius 3 is 2.77 bits per heavy atom. The summed E-state index contributed by atoms with van der Waals surface area (Å²) < 4.78 is 32.6. The first-order valence-electron chi connectivity index (χ1n) is 3.87. The molecule has 1 heterocycles. The summed E-state index contributed by atoms with van der Waals surface area (Å²) in [6, 6.07) is 3.72. The maximum atomic E-state index is 10.3. The van der Waals surface area contributed by atoms with Crippen molar-refractivity contribution in [3.8, 4) is 0 Å². The van der Waals surface area contributed by atoms with Gasteiger partial charge in [-0.25, -0.2) is 13.0 Å². The zero-order valence-electron chi connectivity index (χ0n) is 7.30. The van der Waals surface area contributed by atoms with Crippen molar-refractivity contribution in [3.63, 3.8) is 0 Å². The summed E-state index contributed by atoms with van der Waals surface area (Å²) in [4.78, 5) is 0. The predicted molar refractivity (Wildman–Crippen MR) is 45.9 cm³/mol. The van der Waals surface area contributed by atoms with Gasteiger partial charge in [-0.2, -0.15) is 0 Å². The van der Waals surface area contributed by atoms with Gasteiger partial charge in [0.15, 0.2) is 18.9 Å². The molecule has 0 bridgehead atoms. The van der Waals surface area contributed by atoms with Crippen LogP contribution in [-0.2, 0) is 16.7 Å². The van der Waals surface area contributed by atoms with Crippen LogP contribution in [0.25, 0.3) is 0 Å². The van der Waals surface area contributed by atoms with E-state index in [1.807, 2.05) is 19.1 Å². The molecule has 0 aliphatic rings. The molecule has 1 rings (SSSR count). The monoisotopic (exact) mass is 201 g/mol. The number of rotatable bonds is 3. The number of hydrogen-bond acceptors (Lipinski definition) is 3. The lowest BCUT2D eigenvalue weighted by molar-refractivity contribution is -0.692. The lowest BCUT2D eigenvalue weighted by atomic mass is 10.3. The largest absolute Gasteiger partial charge is 0.748 e. The third-order valence-electron chi connectivity index (χ3n) is 1.61. The van der Waals surface area contributed by atoms with Gasteiger partial charge in [0.25, 0.3) is 0 Å². The molecule has 13 heavy (non-hydrogen) atoms. The molecule has 0 fully saturated rings. The van der Waals surface area contributed by atoms with Gasteiger partial charge in [0.1, 0.15) is 10.1 Å². The summed E-state index contributed by atoms with van der Waals surface area (Å²) in [5.41, 5.74) is 1.03. The molecule has 0 aromatic carbocycles. The highest BCUT2D eigenvalue weighted by Gasteiger charge is 2.03. The van der Waals surface area contributed by atoms with E-state index in [1.54, 1.807) is 17.0 Å². The average molecular weight is 201 g/mol. The summed E-state index contributed by atoms with van der Waals surface area (Å²) >= 11 is 0. The minimum Gasteiger partial charge on any atom is -0.748 e. The maximum absolute atomic E-state index is 10.3. The molecule has 1 aromatic rings. The molecule has 0 saturated heterocycles. The van der Waals surface area contributed by atoms with E-state index >= 15 is 0 Å². The fraction of sp³-hybridized carbons (Fsp3) is 0.375. The Morgan fingerprint density at radius 1 is 1.54 bits per heavy atom. The van der Waals surface area contributed by atoms with Gasteiger partial charge in [0, 0.05) is 11.6 Å². The molecular weight excluding hydrogens is 190 g/mol. The zero-order chi connectivity index (χ0) is 9.90. The van der Waals surface area contributed by atoms with Crippen LogP contribution >= 0.6 is 0 Å². The van der Waals surface area contributed by atoms with Crippen LogP contribution in [0.15, 0.2) is 24.5 Å². The fourth-order valence-corrected chi connectivity index (χ4v) is 1.44. The molecule has 0 radical (unpaired) electrons. The van der Waals surface area contributed by atoms with Crippen molar-refractivity contribution in [3.05, 3.63) is 30.1 Å². The van der Waals surface area contributed by atoms with Crippen LogP contribution in [0, 0.1) is 6.92 Å². The van der Waals surface area contributed by atoms with Crippen molar-refractivity contribution in [2.75, 3.05) is 5.75 Å². The molecule has 0 spiro atoms. The molecule has 0 aliphatic heterocycles. The highest BCUT2D eigenvalue weighted by Crippen LogP contribution is 1.89. The predicted octanol–water partition coefficient (Wildman–Crippen LogP) is -0.172. The third-order valence-corrected chi connectivity index (χ3v) is 2.29. The average Bonchev–Trinajstić information content (AvgIpc) is 2.00. The van der Waals surface area contributed by atoms with Crippen LogP contribution in [0.2, 0.25) is 0 Å². The van der Waals surface area contributed by atoms with Crippen molar-refractivity contribution in [1.29, 1.82) is 0 Å². The van der Waals surface area contributed by atoms with Gasteiger partial charge in [0.05, 0.1) is 5.75 Å². The molecule has 1 aromatic heterocycles. The van der Waals surface area contributed by atoms with E-state index in [1.165, 1.54) is 0 Å². The third kappa shape index (κ3) is 4.00. The van der Waals surface area contributed by atoms with Crippen LogP contribution in [0.1, 0.15) is 5.56 Å². The second kappa shape index (κ2) is 3.85. The summed E-state index contributed by atoms with van der Waals surface area (Å²) in [5, 5.41) is 0. The van der Waals surface area contributed by atoms with Gasteiger partial charge in [0.2, 0.25) is 0 Å². The van der Waals surface area contributed by atoms with Crippen LogP contribution in [-0.4, -0.2) is 18.7 Å². The Labute approximate surface area is 77.6 Å². The summed E-state index contributed by atoms with van der Waals surface area (Å²) in [7, 11) is -4.11. The minimum atomic E-state index is -4.11. The lowest BCUT2D eigenvalue weighted by Gasteiger charge is -2.03. The molecule has 0 unspecified atom stereocenters. The van der Waals surface area contributed by atoms with Crippen LogP contribution in [0.4, 0.5) is 0 Å². The van der Waals surface area contributed by atoms with E-state index in [0.29, 0.717) is 0 Å². The minimum absolute atomic E-state index is 0.216. The highest BCUT2D eigenvalue weighted by molar-refractivity contribution is 7.85. The summed E-state index contributed by atoms with van der Waals surface area (Å²) in [6.45, 7) is 2.12. The van der Waals surface area contributed by atoms with Gasteiger partial charge in [-0.3, -0.25) is 0 Å². The summed E-state index contributed by atoms with van der Waals surface area (Å²) in [6.07, 6.45) is 3.53. The first-order valence-corrected chi connectivity index (χ1v) is 5.44. The number of nitrogens with zero attached hydrogens (tertiary/aromatic N) is 1. The molecule has 0 N–H and O–H groups in total. The molecular formula is C8H11NO3S. The van der Waals surface area contributed by atoms with E-state index in [9.17, 15) is 13.0 Å². The second-order valence-corrected chi connectivity index (χ2v) is 4.40. The Morgan fingerprint density at radius 2 is 2.23 bits per heavy atom. The Bertz CT molecular complexity index is 386. The van der Waals surface area contributed by atoms with Crippen molar-refractivity contribution in [2.45, 2.75) is 13.5 Å². The van der Waals surface area contributed by atoms with E-state index in [-0.39, 0.29) is 12.3 Å². The number of aromatic nitrogens is 1. The van der Waals surface area contributed by atoms with Crippen molar-refractivity contribution in [2.24, 2.45) is 0 Å². The van der Waals surface area contributed by atoms with Crippen molar-refractivity contribution < 1.29 is 17.5 Å². The topological polar surface area (TPSA) is 61.1 Å². The molecule has 5 heteroatoms. The van der Waals surface area contributed by atoms with Crippen LogP contribution in [0.3, 0.4) is 0 Å². The maximum Gasteiger partial charge on any atom is 0.171 e. The summed E-state index contributed by atoms with van der Waals surface area (Å²) in [5.74, 6) is -0.360. The highest BCUT2D eigenvalue weighted by atomic mass is 32.2. The fourth-order valence-electron chi connectivity index (χ4n) is 1.01. The molecule has 4 nitrogen and oxygen atoms in total. The quantitative estimate of drug-likeness (QED) is 0.504. The van der Waals surface area contributed by atoms with Gasteiger partial charge in [-0.05, 0) is 13.0 Å². The first kappa shape index (κ1) is 10.1. The molecule has 72 valence electrons. The Balaban J connectivity index is 2.65. The van der Waals surface area contributed by atoms with Gasteiger partial charge < -0.3 is 4.55 Å². The number of pyridine rings is 1. The second-order valence-electron chi connectivity index (χ2n) is 2.88. The van der Waals surface area contributed by atoms with Crippen LogP contribution < -0.4 is 4.57 Å². The van der Waals surface area contributed by atoms with Gasteiger partial charge >= 0.3 is 0 Å². The Hall–Kier alpha value is -0.940. The zero-order valence-corrected chi connectivity index (χ0v) is 8.12. The van der Waals surface area contributed by atoms with E-state index < -0.39 is 10.1 Å². The Kier molecular flexibility index (Phi) is 3.00. The van der Waals surface area contributed by atoms with Crippen molar-refractivity contribution in [1.82, 2.24) is 0 Å². The standard InChI is InChI=1S/C8H11NO3S/c1-8-3-2-4-9(7-8)5-6-13(10,11)12/h2-4,7H,5-6H2,1H3.